The van der Waals surface area contributed by atoms with E-state index in [-0.39, 0.29) is 5.97 Å². The van der Waals surface area contributed by atoms with Gasteiger partial charge in [-0.25, -0.2) is 0 Å². The average Bonchev–Trinajstić information content (AvgIpc) is 3.28. The number of nitrogens with zero attached hydrogens (tertiary/aromatic N) is 1. The van der Waals surface area contributed by atoms with Crippen molar-refractivity contribution in [3.05, 3.63) is 0 Å². The Morgan fingerprint density at radius 3 is 2.62 bits per heavy atom. The molecular weight excluding hydrogens is 264 g/mol. The average molecular weight is 296 g/mol. The van der Waals surface area contributed by atoms with E-state index in [9.17, 15) is 4.79 Å². The highest BCUT2D eigenvalue weighted by Gasteiger charge is 2.45. The molecule has 0 heterocycles. The van der Waals surface area contributed by atoms with Gasteiger partial charge in [0.2, 0.25) is 0 Å². The Hall–Kier alpha value is -0.610. The van der Waals surface area contributed by atoms with Gasteiger partial charge < -0.3 is 10.1 Å². The lowest BCUT2D eigenvalue weighted by Crippen LogP contribution is -2.59. The minimum absolute atomic E-state index is 0.0795. The van der Waals surface area contributed by atoms with Crippen LogP contribution in [0.5, 0.6) is 0 Å². The van der Waals surface area contributed by atoms with E-state index in [2.05, 4.69) is 31.0 Å². The van der Waals surface area contributed by atoms with Crippen LogP contribution in [0.2, 0.25) is 0 Å². The molecule has 0 aromatic carbocycles. The standard InChI is InChI=1S/C17H32N2O2/c1-5-18-17(16(20)21-4)10-6-7-15(11-17)19(13(2)3)12-14-8-9-14/h13-15,18H,5-12H2,1-4H3. The van der Waals surface area contributed by atoms with E-state index in [4.69, 9.17) is 4.74 Å². The summed E-state index contributed by atoms with van der Waals surface area (Å²) in [7, 11) is 1.51. The van der Waals surface area contributed by atoms with Gasteiger partial charge >= 0.3 is 5.97 Å². The number of ether oxygens (including phenoxy) is 1. The van der Waals surface area contributed by atoms with E-state index in [0.717, 1.165) is 31.7 Å². The first-order chi connectivity index (χ1) is 10.0. The molecular formula is C17H32N2O2. The lowest BCUT2D eigenvalue weighted by Gasteiger charge is -2.45. The van der Waals surface area contributed by atoms with Gasteiger partial charge in [0.1, 0.15) is 5.54 Å². The molecule has 2 aliphatic rings. The molecule has 2 atom stereocenters. The maximum Gasteiger partial charge on any atom is 0.326 e. The molecule has 2 fully saturated rings. The molecule has 0 spiro atoms. The van der Waals surface area contributed by atoms with Crippen LogP contribution in [0.4, 0.5) is 0 Å². The van der Waals surface area contributed by atoms with E-state index in [1.165, 1.54) is 32.9 Å². The van der Waals surface area contributed by atoms with Gasteiger partial charge in [0.25, 0.3) is 0 Å². The maximum atomic E-state index is 12.3. The molecule has 2 saturated carbocycles. The molecule has 2 unspecified atom stereocenters. The number of esters is 1. The summed E-state index contributed by atoms with van der Waals surface area (Å²) in [6.45, 7) is 8.64. The molecule has 21 heavy (non-hydrogen) atoms. The van der Waals surface area contributed by atoms with Gasteiger partial charge in [-0.2, -0.15) is 0 Å². The van der Waals surface area contributed by atoms with Crippen molar-refractivity contribution in [2.45, 2.75) is 76.9 Å². The third kappa shape index (κ3) is 3.98. The van der Waals surface area contributed by atoms with Crippen LogP contribution in [-0.2, 0) is 9.53 Å². The van der Waals surface area contributed by atoms with Crippen molar-refractivity contribution in [2.24, 2.45) is 5.92 Å². The molecule has 0 aromatic rings. The van der Waals surface area contributed by atoms with Crippen molar-refractivity contribution in [1.29, 1.82) is 0 Å². The molecule has 0 aliphatic heterocycles. The lowest BCUT2D eigenvalue weighted by molar-refractivity contribution is -0.151. The predicted molar refractivity (Wildman–Crippen MR) is 85.2 cm³/mol. The molecule has 2 rings (SSSR count). The van der Waals surface area contributed by atoms with Gasteiger partial charge in [-0.1, -0.05) is 6.92 Å². The van der Waals surface area contributed by atoms with Crippen molar-refractivity contribution in [3.63, 3.8) is 0 Å². The first kappa shape index (κ1) is 16.8. The number of methoxy groups -OCH3 is 1. The first-order valence-corrected chi connectivity index (χ1v) is 8.61. The Morgan fingerprint density at radius 2 is 2.10 bits per heavy atom. The topological polar surface area (TPSA) is 41.6 Å². The van der Waals surface area contributed by atoms with Gasteiger partial charge in [-0.15, -0.1) is 0 Å². The van der Waals surface area contributed by atoms with E-state index in [1.54, 1.807) is 0 Å². The number of carbonyl (C=O) groups is 1. The van der Waals surface area contributed by atoms with Crippen LogP contribution < -0.4 is 5.32 Å². The highest BCUT2D eigenvalue weighted by atomic mass is 16.5. The van der Waals surface area contributed by atoms with Gasteiger partial charge in [0.05, 0.1) is 7.11 Å². The summed E-state index contributed by atoms with van der Waals surface area (Å²) in [5, 5.41) is 3.44. The molecule has 4 nitrogen and oxygen atoms in total. The molecule has 0 radical (unpaired) electrons. The summed E-state index contributed by atoms with van der Waals surface area (Å²) >= 11 is 0. The predicted octanol–water partition coefficient (Wildman–Crippen LogP) is 2.57. The number of hydrogen-bond acceptors (Lipinski definition) is 4. The SMILES string of the molecule is CCNC1(C(=O)OC)CCCC(N(CC2CC2)C(C)C)C1. The van der Waals surface area contributed by atoms with Crippen molar-refractivity contribution in [1.82, 2.24) is 10.2 Å². The van der Waals surface area contributed by atoms with Crippen molar-refractivity contribution < 1.29 is 9.53 Å². The highest BCUT2D eigenvalue weighted by Crippen LogP contribution is 2.36. The summed E-state index contributed by atoms with van der Waals surface area (Å²) in [5.74, 6) is 0.810. The van der Waals surface area contributed by atoms with Crippen molar-refractivity contribution in [2.75, 3.05) is 20.2 Å². The van der Waals surface area contributed by atoms with Crippen LogP contribution in [0, 0.1) is 5.92 Å². The quantitative estimate of drug-likeness (QED) is 0.733. The summed E-state index contributed by atoms with van der Waals surface area (Å²) in [6, 6.07) is 1.04. The van der Waals surface area contributed by atoms with Gasteiger partial charge in [-0.05, 0) is 64.8 Å². The molecule has 0 aromatic heterocycles. The molecule has 4 heteroatoms. The zero-order valence-corrected chi connectivity index (χ0v) is 14.2. The second kappa shape index (κ2) is 7.10. The van der Waals surface area contributed by atoms with Crippen LogP contribution >= 0.6 is 0 Å². The lowest BCUT2D eigenvalue weighted by atomic mass is 9.77. The Labute approximate surface area is 129 Å². The molecule has 2 aliphatic carbocycles. The summed E-state index contributed by atoms with van der Waals surface area (Å²) in [5.41, 5.74) is -0.469. The highest BCUT2D eigenvalue weighted by molar-refractivity contribution is 5.81. The fraction of sp³-hybridized carbons (Fsp3) is 0.941. The van der Waals surface area contributed by atoms with Gasteiger partial charge in [-0.3, -0.25) is 9.69 Å². The van der Waals surface area contributed by atoms with Crippen molar-refractivity contribution in [3.8, 4) is 0 Å². The number of hydrogen-bond donors (Lipinski definition) is 1. The summed E-state index contributed by atoms with van der Waals surface area (Å²) in [6.07, 6.45) is 6.85. The third-order valence-electron chi connectivity index (χ3n) is 5.11. The van der Waals surface area contributed by atoms with E-state index in [1.807, 2.05) is 0 Å². The first-order valence-electron chi connectivity index (χ1n) is 8.61. The molecule has 0 amide bonds. The molecule has 0 saturated heterocycles. The number of nitrogens with one attached hydrogen (secondary N) is 1. The molecule has 122 valence electrons. The minimum atomic E-state index is -0.469. The second-order valence-electron chi connectivity index (χ2n) is 7.09. The van der Waals surface area contributed by atoms with Crippen LogP contribution in [0.15, 0.2) is 0 Å². The molecule has 1 N–H and O–H groups in total. The Kier molecular flexibility index (Phi) is 5.67. The van der Waals surface area contributed by atoms with Crippen molar-refractivity contribution >= 4 is 5.97 Å². The minimum Gasteiger partial charge on any atom is -0.468 e. The van der Waals surface area contributed by atoms with Crippen LogP contribution in [0.1, 0.15) is 59.3 Å². The summed E-state index contributed by atoms with van der Waals surface area (Å²) in [4.78, 5) is 15.0. The maximum absolute atomic E-state index is 12.3. The Bertz CT molecular complexity index is 351. The van der Waals surface area contributed by atoms with E-state index in [0.29, 0.717) is 12.1 Å². The Morgan fingerprint density at radius 1 is 1.38 bits per heavy atom. The van der Waals surface area contributed by atoms with E-state index >= 15 is 0 Å². The fourth-order valence-electron chi connectivity index (χ4n) is 3.86. The zero-order chi connectivity index (χ0) is 15.5. The monoisotopic (exact) mass is 296 g/mol. The largest absolute Gasteiger partial charge is 0.468 e. The Balaban J connectivity index is 2.10. The molecule has 0 bridgehead atoms. The summed E-state index contributed by atoms with van der Waals surface area (Å²) < 4.78 is 5.11. The number of rotatable bonds is 7. The number of carbonyl (C=O) groups excluding carboxylic acids is 1. The normalized spacial score (nSPS) is 29.9. The van der Waals surface area contributed by atoms with Crippen LogP contribution in [0.3, 0.4) is 0 Å². The third-order valence-corrected chi connectivity index (χ3v) is 5.11. The zero-order valence-electron chi connectivity index (χ0n) is 14.2. The van der Waals surface area contributed by atoms with Crippen LogP contribution in [-0.4, -0.2) is 48.7 Å². The smallest absolute Gasteiger partial charge is 0.326 e. The van der Waals surface area contributed by atoms with Gasteiger partial charge in [0.15, 0.2) is 0 Å². The number of likely N-dealkylation sites (N-methyl/N-ethyl adjacent to an activating group) is 1. The van der Waals surface area contributed by atoms with Gasteiger partial charge in [0, 0.05) is 18.6 Å². The van der Waals surface area contributed by atoms with E-state index < -0.39 is 5.54 Å². The van der Waals surface area contributed by atoms with Crippen LogP contribution in [0.25, 0.3) is 0 Å². The second-order valence-corrected chi connectivity index (χ2v) is 7.09. The fourth-order valence-corrected chi connectivity index (χ4v) is 3.86.